The number of benzene rings is 2. The average molecular weight is 381 g/mol. The number of halogens is 1. The maximum Gasteiger partial charge on any atom is 0.409 e. The second-order valence-corrected chi connectivity index (χ2v) is 7.01. The fourth-order valence-electron chi connectivity index (χ4n) is 4.02. The molecule has 1 aliphatic heterocycles. The molecule has 144 valence electrons. The first-order valence-electron chi connectivity index (χ1n) is 9.27. The molecule has 1 heterocycles. The van der Waals surface area contributed by atoms with Crippen LogP contribution in [0.25, 0.3) is 11.1 Å². The summed E-state index contributed by atoms with van der Waals surface area (Å²) in [6.07, 6.45) is -0.0263. The van der Waals surface area contributed by atoms with Crippen molar-refractivity contribution in [1.29, 1.82) is 0 Å². The van der Waals surface area contributed by atoms with E-state index in [-0.39, 0.29) is 44.0 Å². The SMILES string of the molecule is O=C(O)C(F)=C1CCN(C(=O)OCC2c3ccccc3-c3ccccc32)CC1. The number of rotatable bonds is 3. The Bertz CT molecular complexity index is 913. The van der Waals surface area contributed by atoms with E-state index >= 15 is 0 Å². The topological polar surface area (TPSA) is 66.8 Å². The summed E-state index contributed by atoms with van der Waals surface area (Å²) in [6.45, 7) is 0.745. The van der Waals surface area contributed by atoms with Crippen molar-refractivity contribution < 1.29 is 23.8 Å². The van der Waals surface area contributed by atoms with Gasteiger partial charge < -0.3 is 14.7 Å². The normalized spacial score (nSPS) is 15.8. The van der Waals surface area contributed by atoms with Crippen LogP contribution in [0.2, 0.25) is 0 Å². The first kappa shape index (κ1) is 18.2. The number of carbonyl (C=O) groups is 2. The predicted molar refractivity (Wildman–Crippen MR) is 102 cm³/mol. The quantitative estimate of drug-likeness (QED) is 0.803. The molecule has 2 aromatic rings. The summed E-state index contributed by atoms with van der Waals surface area (Å²) in [6, 6.07) is 16.2. The lowest BCUT2D eigenvalue weighted by Crippen LogP contribution is -2.37. The summed E-state index contributed by atoms with van der Waals surface area (Å²) < 4.78 is 19.1. The molecule has 0 spiro atoms. The van der Waals surface area contributed by atoms with Gasteiger partial charge in [0.25, 0.3) is 0 Å². The molecule has 0 unspecified atom stereocenters. The number of fused-ring (bicyclic) bond motifs is 3. The van der Waals surface area contributed by atoms with Gasteiger partial charge in [0.05, 0.1) is 0 Å². The van der Waals surface area contributed by atoms with Crippen molar-refractivity contribution in [2.24, 2.45) is 0 Å². The molecule has 4 rings (SSSR count). The summed E-state index contributed by atoms with van der Waals surface area (Å²) in [4.78, 5) is 24.7. The highest BCUT2D eigenvalue weighted by Crippen LogP contribution is 2.44. The fraction of sp³-hybridized carbons (Fsp3) is 0.273. The van der Waals surface area contributed by atoms with Crippen molar-refractivity contribution in [1.82, 2.24) is 4.90 Å². The molecule has 0 bridgehead atoms. The standard InChI is InChI=1S/C22H20FNO4/c23-20(21(25)26)14-9-11-24(12-10-14)22(27)28-13-19-17-7-3-1-5-15(17)16-6-2-4-8-18(16)19/h1-8,19H,9-13H2,(H,25,26). The van der Waals surface area contributed by atoms with E-state index < -0.39 is 17.9 Å². The predicted octanol–water partition coefficient (Wildman–Crippen LogP) is 4.34. The molecular formula is C22H20FNO4. The van der Waals surface area contributed by atoms with Crippen molar-refractivity contribution in [2.75, 3.05) is 19.7 Å². The van der Waals surface area contributed by atoms with Crippen molar-refractivity contribution in [3.63, 3.8) is 0 Å². The van der Waals surface area contributed by atoms with E-state index in [1.54, 1.807) is 0 Å². The zero-order valence-electron chi connectivity index (χ0n) is 15.2. The van der Waals surface area contributed by atoms with E-state index in [1.165, 1.54) is 4.90 Å². The number of carbonyl (C=O) groups excluding carboxylic acids is 1. The van der Waals surface area contributed by atoms with Gasteiger partial charge in [-0.15, -0.1) is 0 Å². The molecule has 1 amide bonds. The number of hydrogen-bond acceptors (Lipinski definition) is 3. The number of carboxylic acids is 1. The second kappa shape index (κ2) is 7.46. The van der Waals surface area contributed by atoms with E-state index in [0.29, 0.717) is 0 Å². The zero-order valence-corrected chi connectivity index (χ0v) is 15.2. The van der Waals surface area contributed by atoms with Crippen LogP contribution in [0, 0.1) is 0 Å². The Morgan fingerprint density at radius 3 is 2.07 bits per heavy atom. The lowest BCUT2D eigenvalue weighted by atomic mass is 9.98. The molecule has 1 saturated heterocycles. The summed E-state index contributed by atoms with van der Waals surface area (Å²) in [5.74, 6) is -2.67. The van der Waals surface area contributed by atoms with Gasteiger partial charge in [0, 0.05) is 19.0 Å². The maximum atomic E-state index is 13.5. The first-order valence-corrected chi connectivity index (χ1v) is 9.27. The highest BCUT2D eigenvalue weighted by atomic mass is 19.1. The van der Waals surface area contributed by atoms with Gasteiger partial charge in [-0.3, -0.25) is 0 Å². The monoisotopic (exact) mass is 381 g/mol. The highest BCUT2D eigenvalue weighted by molar-refractivity contribution is 5.85. The van der Waals surface area contributed by atoms with Crippen molar-refractivity contribution in [3.8, 4) is 11.1 Å². The third kappa shape index (κ3) is 3.26. The third-order valence-electron chi connectivity index (χ3n) is 5.46. The first-order chi connectivity index (χ1) is 13.6. The third-order valence-corrected chi connectivity index (χ3v) is 5.46. The van der Waals surface area contributed by atoms with E-state index in [4.69, 9.17) is 9.84 Å². The zero-order chi connectivity index (χ0) is 19.7. The molecule has 1 fully saturated rings. The Kier molecular flexibility index (Phi) is 4.86. The number of piperidine rings is 1. The van der Waals surface area contributed by atoms with Crippen LogP contribution < -0.4 is 0 Å². The van der Waals surface area contributed by atoms with E-state index in [0.717, 1.165) is 22.3 Å². The molecule has 2 aromatic carbocycles. The summed E-state index contributed by atoms with van der Waals surface area (Å²) in [5.41, 5.74) is 4.86. The smallest absolute Gasteiger partial charge is 0.409 e. The van der Waals surface area contributed by atoms with E-state index in [9.17, 15) is 14.0 Å². The number of amides is 1. The van der Waals surface area contributed by atoms with Gasteiger partial charge in [-0.1, -0.05) is 48.5 Å². The van der Waals surface area contributed by atoms with Crippen molar-refractivity contribution >= 4 is 12.1 Å². The summed E-state index contributed by atoms with van der Waals surface area (Å²) in [5, 5.41) is 8.74. The number of likely N-dealkylation sites (tertiary alicyclic amines) is 1. The van der Waals surface area contributed by atoms with Crippen LogP contribution in [0.1, 0.15) is 29.9 Å². The second-order valence-electron chi connectivity index (χ2n) is 7.01. The van der Waals surface area contributed by atoms with Gasteiger partial charge in [-0.25, -0.2) is 9.59 Å². The lowest BCUT2D eigenvalue weighted by molar-refractivity contribution is -0.134. The molecule has 1 N–H and O–H groups in total. The molecule has 1 aliphatic carbocycles. The largest absolute Gasteiger partial charge is 0.476 e. The molecule has 0 saturated carbocycles. The molecule has 0 atom stereocenters. The minimum atomic E-state index is -1.55. The van der Waals surface area contributed by atoms with Gasteiger partial charge >= 0.3 is 12.1 Å². The average Bonchev–Trinajstić information content (AvgIpc) is 3.05. The van der Waals surface area contributed by atoms with E-state index in [1.807, 2.05) is 24.3 Å². The molecular weight excluding hydrogens is 361 g/mol. The van der Waals surface area contributed by atoms with Crippen molar-refractivity contribution in [2.45, 2.75) is 18.8 Å². The van der Waals surface area contributed by atoms with Crippen LogP contribution in [0.15, 0.2) is 59.9 Å². The van der Waals surface area contributed by atoms with Gasteiger partial charge in [-0.2, -0.15) is 4.39 Å². The van der Waals surface area contributed by atoms with Gasteiger partial charge in [0.15, 0.2) is 0 Å². The van der Waals surface area contributed by atoms with Crippen LogP contribution in [0.3, 0.4) is 0 Å². The molecule has 6 heteroatoms. The molecule has 0 aromatic heterocycles. The number of hydrogen-bond donors (Lipinski definition) is 1. The number of nitrogens with zero attached hydrogens (tertiary/aromatic N) is 1. The van der Waals surface area contributed by atoms with Gasteiger partial charge in [-0.05, 0) is 40.7 Å². The van der Waals surface area contributed by atoms with Crippen molar-refractivity contribution in [3.05, 3.63) is 71.1 Å². The number of ether oxygens (including phenoxy) is 1. The van der Waals surface area contributed by atoms with Crippen LogP contribution in [0.4, 0.5) is 9.18 Å². The van der Waals surface area contributed by atoms with E-state index in [2.05, 4.69) is 24.3 Å². The molecule has 5 nitrogen and oxygen atoms in total. The minimum Gasteiger partial charge on any atom is -0.476 e. The van der Waals surface area contributed by atoms with Crippen LogP contribution in [-0.4, -0.2) is 41.8 Å². The number of aliphatic carboxylic acids is 1. The summed E-state index contributed by atoms with van der Waals surface area (Å²) >= 11 is 0. The van der Waals surface area contributed by atoms with Crippen LogP contribution in [0.5, 0.6) is 0 Å². The number of carboxylic acid groups (broad SMARTS) is 1. The molecule has 0 radical (unpaired) electrons. The lowest BCUT2D eigenvalue weighted by Gasteiger charge is -2.28. The van der Waals surface area contributed by atoms with Crippen LogP contribution >= 0.6 is 0 Å². The molecule has 28 heavy (non-hydrogen) atoms. The Labute approximate surface area is 162 Å². The Hall–Kier alpha value is -3.15. The van der Waals surface area contributed by atoms with Crippen LogP contribution in [-0.2, 0) is 9.53 Å². The Morgan fingerprint density at radius 1 is 1.00 bits per heavy atom. The van der Waals surface area contributed by atoms with Gasteiger partial charge in [0.1, 0.15) is 6.61 Å². The maximum absolute atomic E-state index is 13.5. The Morgan fingerprint density at radius 2 is 1.54 bits per heavy atom. The Balaban J connectivity index is 1.42. The summed E-state index contributed by atoms with van der Waals surface area (Å²) in [7, 11) is 0. The van der Waals surface area contributed by atoms with Gasteiger partial charge in [0.2, 0.25) is 5.83 Å². The molecule has 2 aliphatic rings. The highest BCUT2D eigenvalue weighted by Gasteiger charge is 2.30. The minimum absolute atomic E-state index is 0.0129. The fourth-order valence-corrected chi connectivity index (χ4v) is 4.02.